The second-order valence-corrected chi connectivity index (χ2v) is 7.40. The number of aryl methyl sites for hydroxylation is 1. The van der Waals surface area contributed by atoms with E-state index < -0.39 is 15.8 Å². The first-order chi connectivity index (χ1) is 8.37. The highest BCUT2D eigenvalue weighted by atomic mass is 79.9. The van der Waals surface area contributed by atoms with Crippen LogP contribution < -0.4 is 5.32 Å². The first-order valence-corrected chi connectivity index (χ1v) is 8.13. The van der Waals surface area contributed by atoms with Crippen LogP contribution in [0.1, 0.15) is 12.1 Å². The third-order valence-corrected chi connectivity index (χ3v) is 5.12. The van der Waals surface area contributed by atoms with Crippen molar-refractivity contribution in [3.8, 4) is 0 Å². The molecular formula is C11H13BrN2O3S. The number of amides is 1. The average molecular weight is 333 g/mol. The number of nitrogens with one attached hydrogen (secondary N) is 1. The predicted molar refractivity (Wildman–Crippen MR) is 72.1 cm³/mol. The normalized spacial score (nSPS) is 21.8. The Balaban J connectivity index is 2.08. The average Bonchev–Trinajstić information content (AvgIpc) is 2.63. The van der Waals surface area contributed by atoms with Gasteiger partial charge in [0, 0.05) is 0 Å². The summed E-state index contributed by atoms with van der Waals surface area (Å²) in [6.45, 7) is 1.78. The van der Waals surface area contributed by atoms with Crippen LogP contribution in [0, 0.1) is 12.8 Å². The highest BCUT2D eigenvalue weighted by Gasteiger charge is 2.33. The topological polar surface area (TPSA) is 76.1 Å². The number of nitrogens with zero attached hydrogens (tertiary/aromatic N) is 1. The summed E-state index contributed by atoms with van der Waals surface area (Å²) in [7, 11) is -3.03. The molecule has 0 aliphatic carbocycles. The van der Waals surface area contributed by atoms with Crippen molar-refractivity contribution in [2.75, 3.05) is 16.8 Å². The van der Waals surface area contributed by atoms with E-state index in [1.807, 2.05) is 0 Å². The summed E-state index contributed by atoms with van der Waals surface area (Å²) in [5, 5.41) is 2.73. The zero-order valence-corrected chi connectivity index (χ0v) is 12.2. The van der Waals surface area contributed by atoms with E-state index in [1.165, 1.54) is 0 Å². The molecule has 1 saturated heterocycles. The van der Waals surface area contributed by atoms with Crippen molar-refractivity contribution in [2.45, 2.75) is 13.3 Å². The van der Waals surface area contributed by atoms with Crippen LogP contribution in [0.5, 0.6) is 0 Å². The molecule has 5 nitrogen and oxygen atoms in total. The molecule has 1 N–H and O–H groups in total. The summed E-state index contributed by atoms with van der Waals surface area (Å²) in [5.74, 6) is -0.647. The zero-order valence-electron chi connectivity index (χ0n) is 9.81. The maximum absolute atomic E-state index is 11.9. The molecule has 1 fully saturated rings. The lowest BCUT2D eigenvalue weighted by Crippen LogP contribution is -2.24. The first-order valence-electron chi connectivity index (χ1n) is 5.52. The number of anilines is 1. The van der Waals surface area contributed by atoms with Gasteiger partial charge in [0.1, 0.15) is 4.60 Å². The first kappa shape index (κ1) is 13.5. The van der Waals surface area contributed by atoms with Gasteiger partial charge in [0.05, 0.1) is 28.8 Å². The van der Waals surface area contributed by atoms with Crippen molar-refractivity contribution in [3.05, 3.63) is 22.4 Å². The van der Waals surface area contributed by atoms with Gasteiger partial charge in [-0.1, -0.05) is 0 Å². The second kappa shape index (κ2) is 4.97. The molecule has 1 aromatic rings. The van der Waals surface area contributed by atoms with E-state index in [1.54, 1.807) is 19.1 Å². The van der Waals surface area contributed by atoms with Gasteiger partial charge in [-0.15, -0.1) is 0 Å². The van der Waals surface area contributed by atoms with Crippen LogP contribution in [0.25, 0.3) is 0 Å². The van der Waals surface area contributed by atoms with Crippen LogP contribution in [-0.2, 0) is 14.6 Å². The molecule has 1 aromatic heterocycles. The van der Waals surface area contributed by atoms with Gasteiger partial charge in [-0.2, -0.15) is 0 Å². The number of hydrogen-bond donors (Lipinski definition) is 1. The van der Waals surface area contributed by atoms with E-state index in [0.717, 1.165) is 0 Å². The quantitative estimate of drug-likeness (QED) is 0.833. The van der Waals surface area contributed by atoms with Gasteiger partial charge in [-0.3, -0.25) is 4.79 Å². The van der Waals surface area contributed by atoms with Crippen LogP contribution in [0.15, 0.2) is 16.7 Å². The third-order valence-electron chi connectivity index (χ3n) is 2.91. The molecule has 0 radical (unpaired) electrons. The molecule has 7 heteroatoms. The van der Waals surface area contributed by atoms with Gasteiger partial charge < -0.3 is 5.32 Å². The Labute approximate surface area is 114 Å². The van der Waals surface area contributed by atoms with Crippen molar-refractivity contribution in [2.24, 2.45) is 5.92 Å². The maximum atomic E-state index is 11.9. The van der Waals surface area contributed by atoms with E-state index in [0.29, 0.717) is 22.4 Å². The highest BCUT2D eigenvalue weighted by Crippen LogP contribution is 2.22. The van der Waals surface area contributed by atoms with Gasteiger partial charge in [0.15, 0.2) is 9.84 Å². The van der Waals surface area contributed by atoms with E-state index in [-0.39, 0.29) is 17.4 Å². The van der Waals surface area contributed by atoms with Gasteiger partial charge in [-0.25, -0.2) is 13.4 Å². The molecule has 98 valence electrons. The van der Waals surface area contributed by atoms with Gasteiger partial charge in [-0.05, 0) is 41.4 Å². The number of carbonyl (C=O) groups is 1. The Hall–Kier alpha value is -0.950. The summed E-state index contributed by atoms with van der Waals surface area (Å²) < 4.78 is 23.3. The molecular weight excluding hydrogens is 320 g/mol. The highest BCUT2D eigenvalue weighted by molar-refractivity contribution is 9.10. The molecule has 1 aliphatic rings. The lowest BCUT2D eigenvalue weighted by molar-refractivity contribution is -0.119. The molecule has 1 amide bonds. The Kier molecular flexibility index (Phi) is 3.72. The summed E-state index contributed by atoms with van der Waals surface area (Å²) >= 11 is 3.24. The van der Waals surface area contributed by atoms with Crippen LogP contribution in [0.4, 0.5) is 5.69 Å². The van der Waals surface area contributed by atoms with Gasteiger partial charge in [0.25, 0.3) is 0 Å². The molecule has 2 rings (SSSR count). The zero-order chi connectivity index (χ0) is 13.3. The van der Waals surface area contributed by atoms with E-state index >= 15 is 0 Å². The fourth-order valence-electron chi connectivity index (χ4n) is 1.90. The molecule has 1 atom stereocenters. The Morgan fingerprint density at radius 2 is 2.22 bits per heavy atom. The minimum absolute atomic E-state index is 0.0537. The monoisotopic (exact) mass is 332 g/mol. The number of carbonyl (C=O) groups excluding carboxylic acids is 1. The van der Waals surface area contributed by atoms with Crippen molar-refractivity contribution in [3.63, 3.8) is 0 Å². The lowest BCUT2D eigenvalue weighted by atomic mass is 10.1. The molecule has 2 heterocycles. The largest absolute Gasteiger partial charge is 0.324 e. The van der Waals surface area contributed by atoms with Crippen LogP contribution in [0.3, 0.4) is 0 Å². The standard InChI is InChI=1S/C11H13BrN2O3S/c1-7-9(2-3-10(12)13-7)14-11(15)8-4-5-18(16,17)6-8/h2-3,8H,4-6H2,1H3,(H,14,15). The van der Waals surface area contributed by atoms with Crippen molar-refractivity contribution in [1.82, 2.24) is 4.98 Å². The molecule has 0 aromatic carbocycles. The van der Waals surface area contributed by atoms with E-state index in [4.69, 9.17) is 0 Å². The number of pyridine rings is 1. The molecule has 1 unspecified atom stereocenters. The van der Waals surface area contributed by atoms with Crippen LogP contribution in [0.2, 0.25) is 0 Å². The second-order valence-electron chi connectivity index (χ2n) is 4.36. The maximum Gasteiger partial charge on any atom is 0.228 e. The number of hydrogen-bond acceptors (Lipinski definition) is 4. The SMILES string of the molecule is Cc1nc(Br)ccc1NC(=O)C1CCS(=O)(=O)C1. The van der Waals surface area contributed by atoms with Gasteiger partial charge in [0.2, 0.25) is 5.91 Å². The van der Waals surface area contributed by atoms with Crippen LogP contribution >= 0.6 is 15.9 Å². The Morgan fingerprint density at radius 3 is 2.78 bits per heavy atom. The Bertz CT molecular complexity index is 586. The third kappa shape index (κ3) is 3.08. The molecule has 0 spiro atoms. The van der Waals surface area contributed by atoms with E-state index in [9.17, 15) is 13.2 Å². The van der Waals surface area contributed by atoms with Crippen molar-refractivity contribution >= 4 is 37.4 Å². The summed E-state index contributed by atoms with van der Waals surface area (Å²) in [5.41, 5.74) is 1.31. The Morgan fingerprint density at radius 1 is 1.50 bits per heavy atom. The summed E-state index contributed by atoms with van der Waals surface area (Å²) in [6.07, 6.45) is 0.400. The number of sulfone groups is 1. The predicted octanol–water partition coefficient (Wildman–Crippen LogP) is 1.53. The summed E-state index contributed by atoms with van der Waals surface area (Å²) in [6, 6.07) is 3.47. The lowest BCUT2D eigenvalue weighted by Gasteiger charge is -2.11. The summed E-state index contributed by atoms with van der Waals surface area (Å²) in [4.78, 5) is 16.1. The minimum Gasteiger partial charge on any atom is -0.324 e. The fraction of sp³-hybridized carbons (Fsp3) is 0.455. The van der Waals surface area contributed by atoms with Crippen molar-refractivity contribution < 1.29 is 13.2 Å². The molecule has 18 heavy (non-hydrogen) atoms. The smallest absolute Gasteiger partial charge is 0.228 e. The number of rotatable bonds is 2. The molecule has 0 saturated carbocycles. The number of halogens is 1. The minimum atomic E-state index is -3.03. The van der Waals surface area contributed by atoms with Crippen molar-refractivity contribution in [1.29, 1.82) is 0 Å². The van der Waals surface area contributed by atoms with E-state index in [2.05, 4.69) is 26.2 Å². The number of aromatic nitrogens is 1. The fourth-order valence-corrected chi connectivity index (χ4v) is 4.04. The van der Waals surface area contributed by atoms with Gasteiger partial charge >= 0.3 is 0 Å². The molecule has 0 bridgehead atoms. The van der Waals surface area contributed by atoms with Crippen LogP contribution in [-0.4, -0.2) is 30.8 Å². The molecule has 1 aliphatic heterocycles.